The van der Waals surface area contributed by atoms with E-state index in [0.29, 0.717) is 6.61 Å². The second-order valence-electron chi connectivity index (χ2n) is 4.55. The summed E-state index contributed by atoms with van der Waals surface area (Å²) in [5.74, 6) is 0.979. The first-order valence-corrected chi connectivity index (χ1v) is 5.96. The zero-order valence-electron chi connectivity index (χ0n) is 10.2. The van der Waals surface area contributed by atoms with Crippen LogP contribution in [0.1, 0.15) is 16.7 Å². The molecule has 2 aromatic rings. The molecule has 1 aliphatic heterocycles. The van der Waals surface area contributed by atoms with Crippen molar-refractivity contribution in [3.63, 3.8) is 0 Å². The summed E-state index contributed by atoms with van der Waals surface area (Å²) in [4.78, 5) is 0. The van der Waals surface area contributed by atoms with Crippen LogP contribution >= 0.6 is 0 Å². The molecule has 0 saturated carbocycles. The molecule has 3 rings (SSSR count). The molecule has 90 valence electrons. The van der Waals surface area contributed by atoms with E-state index in [4.69, 9.17) is 4.74 Å². The highest BCUT2D eigenvalue weighted by Crippen LogP contribution is 2.32. The summed E-state index contributed by atoms with van der Waals surface area (Å²) in [5, 5.41) is 9.40. The lowest BCUT2D eigenvalue weighted by Crippen LogP contribution is -2.06. The molecule has 0 fully saturated rings. The Balaban J connectivity index is 2.00. The molecule has 1 aliphatic rings. The van der Waals surface area contributed by atoms with Crippen molar-refractivity contribution in [2.45, 2.75) is 6.92 Å². The zero-order chi connectivity index (χ0) is 12.5. The van der Waals surface area contributed by atoms with Gasteiger partial charge >= 0.3 is 0 Å². The van der Waals surface area contributed by atoms with Crippen LogP contribution in [0.5, 0.6) is 11.5 Å². The molecule has 0 aromatic heterocycles. The highest BCUT2D eigenvalue weighted by Gasteiger charge is 2.13. The Morgan fingerprint density at radius 2 is 1.83 bits per heavy atom. The van der Waals surface area contributed by atoms with Gasteiger partial charge in [0.05, 0.1) is 0 Å². The summed E-state index contributed by atoms with van der Waals surface area (Å²) in [7, 11) is 0. The second kappa shape index (κ2) is 4.22. The van der Waals surface area contributed by atoms with Gasteiger partial charge in [0.25, 0.3) is 0 Å². The average Bonchev–Trinajstić information content (AvgIpc) is 2.39. The van der Waals surface area contributed by atoms with Crippen LogP contribution in [-0.2, 0) is 0 Å². The molecule has 0 spiro atoms. The third-order valence-corrected chi connectivity index (χ3v) is 3.13. The molecule has 2 aromatic carbocycles. The number of aryl methyl sites for hydroxylation is 1. The molecule has 0 amide bonds. The number of ether oxygens (including phenoxy) is 1. The van der Waals surface area contributed by atoms with Gasteiger partial charge in [-0.15, -0.1) is 0 Å². The van der Waals surface area contributed by atoms with Crippen molar-refractivity contribution in [3.05, 3.63) is 59.2 Å². The second-order valence-corrected chi connectivity index (χ2v) is 4.55. The van der Waals surface area contributed by atoms with Crippen LogP contribution in [0.3, 0.4) is 0 Å². The molecule has 18 heavy (non-hydrogen) atoms. The summed E-state index contributed by atoms with van der Waals surface area (Å²) < 4.78 is 5.67. The largest absolute Gasteiger partial charge is 0.508 e. The minimum atomic E-state index is 0.237. The molecule has 0 radical (unpaired) electrons. The molecule has 0 aliphatic carbocycles. The zero-order valence-corrected chi connectivity index (χ0v) is 10.2. The topological polar surface area (TPSA) is 29.5 Å². The molecule has 0 saturated heterocycles. The van der Waals surface area contributed by atoms with E-state index in [2.05, 4.69) is 37.3 Å². The van der Waals surface area contributed by atoms with Gasteiger partial charge in [0, 0.05) is 11.6 Å². The Morgan fingerprint density at radius 1 is 1.06 bits per heavy atom. The number of aromatic hydroxyl groups is 1. The first-order chi connectivity index (χ1) is 8.72. The van der Waals surface area contributed by atoms with Gasteiger partial charge in [0.2, 0.25) is 0 Å². The minimum Gasteiger partial charge on any atom is -0.508 e. The first kappa shape index (κ1) is 10.9. The normalized spacial score (nSPS) is 13.5. The van der Waals surface area contributed by atoms with Crippen LogP contribution in [0.15, 0.2) is 42.5 Å². The van der Waals surface area contributed by atoms with Gasteiger partial charge in [0.15, 0.2) is 0 Å². The van der Waals surface area contributed by atoms with Crippen molar-refractivity contribution in [2.75, 3.05) is 6.61 Å². The highest BCUT2D eigenvalue weighted by atomic mass is 16.5. The van der Waals surface area contributed by atoms with Gasteiger partial charge in [-0.1, -0.05) is 29.8 Å². The highest BCUT2D eigenvalue weighted by molar-refractivity contribution is 5.85. The van der Waals surface area contributed by atoms with E-state index < -0.39 is 0 Å². The SMILES string of the molecule is Cc1ccc(C2=Cc3ccc(O)cc3OC2)cc1. The number of phenolic OH excluding ortho intramolecular Hbond substituents is 1. The van der Waals surface area contributed by atoms with Crippen LogP contribution < -0.4 is 4.74 Å². The molecule has 0 unspecified atom stereocenters. The van der Waals surface area contributed by atoms with Crippen molar-refractivity contribution in [1.29, 1.82) is 0 Å². The van der Waals surface area contributed by atoms with Gasteiger partial charge in [0.1, 0.15) is 18.1 Å². The monoisotopic (exact) mass is 238 g/mol. The van der Waals surface area contributed by atoms with Crippen molar-refractivity contribution in [1.82, 2.24) is 0 Å². The van der Waals surface area contributed by atoms with E-state index in [1.807, 2.05) is 6.07 Å². The summed E-state index contributed by atoms with van der Waals surface area (Å²) in [5.41, 5.74) is 4.60. The maximum atomic E-state index is 9.40. The Kier molecular flexibility index (Phi) is 2.56. The Morgan fingerprint density at radius 3 is 2.61 bits per heavy atom. The van der Waals surface area contributed by atoms with E-state index in [9.17, 15) is 5.11 Å². The van der Waals surface area contributed by atoms with E-state index in [0.717, 1.165) is 16.9 Å². The number of benzene rings is 2. The van der Waals surface area contributed by atoms with Gasteiger partial charge in [-0.05, 0) is 36.3 Å². The molecular formula is C16H14O2. The van der Waals surface area contributed by atoms with Gasteiger partial charge < -0.3 is 9.84 Å². The molecular weight excluding hydrogens is 224 g/mol. The predicted molar refractivity (Wildman–Crippen MR) is 72.7 cm³/mol. The van der Waals surface area contributed by atoms with E-state index in [1.165, 1.54) is 11.1 Å². The number of phenols is 1. The van der Waals surface area contributed by atoms with Crippen LogP contribution in [0.4, 0.5) is 0 Å². The average molecular weight is 238 g/mol. The lowest BCUT2D eigenvalue weighted by atomic mass is 10.00. The Labute approximate surface area is 106 Å². The lowest BCUT2D eigenvalue weighted by Gasteiger charge is -2.18. The number of hydrogen-bond acceptors (Lipinski definition) is 2. The van der Waals surface area contributed by atoms with Crippen LogP contribution in [0, 0.1) is 6.92 Å². The molecule has 2 heteroatoms. The number of hydrogen-bond donors (Lipinski definition) is 1. The van der Waals surface area contributed by atoms with Gasteiger partial charge in [-0.25, -0.2) is 0 Å². The summed E-state index contributed by atoms with van der Waals surface area (Å²) in [6, 6.07) is 13.6. The first-order valence-electron chi connectivity index (χ1n) is 5.96. The third-order valence-electron chi connectivity index (χ3n) is 3.13. The predicted octanol–water partition coefficient (Wildman–Crippen LogP) is 3.63. The molecule has 1 heterocycles. The molecule has 0 atom stereocenters. The standard InChI is InChI=1S/C16H14O2/c1-11-2-4-12(5-3-11)14-8-13-6-7-15(17)9-16(13)18-10-14/h2-9,17H,10H2,1H3. The van der Waals surface area contributed by atoms with Gasteiger partial charge in [-0.2, -0.15) is 0 Å². The summed E-state index contributed by atoms with van der Waals surface area (Å²) >= 11 is 0. The fraction of sp³-hybridized carbons (Fsp3) is 0.125. The summed E-state index contributed by atoms with van der Waals surface area (Å²) in [6.07, 6.45) is 2.11. The van der Waals surface area contributed by atoms with Crippen molar-refractivity contribution in [2.24, 2.45) is 0 Å². The van der Waals surface area contributed by atoms with Crippen LogP contribution in [-0.4, -0.2) is 11.7 Å². The Bertz CT molecular complexity index is 609. The fourth-order valence-electron chi connectivity index (χ4n) is 2.09. The van der Waals surface area contributed by atoms with Gasteiger partial charge in [-0.3, -0.25) is 0 Å². The molecule has 1 N–H and O–H groups in total. The maximum Gasteiger partial charge on any atom is 0.130 e. The quantitative estimate of drug-likeness (QED) is 0.822. The van der Waals surface area contributed by atoms with E-state index >= 15 is 0 Å². The number of fused-ring (bicyclic) bond motifs is 1. The maximum absolute atomic E-state index is 9.40. The Hall–Kier alpha value is -2.22. The molecule has 0 bridgehead atoms. The van der Waals surface area contributed by atoms with Crippen LogP contribution in [0.2, 0.25) is 0 Å². The number of rotatable bonds is 1. The van der Waals surface area contributed by atoms with E-state index in [-0.39, 0.29) is 5.75 Å². The third kappa shape index (κ3) is 1.97. The summed E-state index contributed by atoms with van der Waals surface area (Å²) in [6.45, 7) is 2.62. The smallest absolute Gasteiger partial charge is 0.130 e. The van der Waals surface area contributed by atoms with Crippen LogP contribution in [0.25, 0.3) is 11.6 Å². The fourth-order valence-corrected chi connectivity index (χ4v) is 2.09. The van der Waals surface area contributed by atoms with Crippen molar-refractivity contribution in [3.8, 4) is 11.5 Å². The van der Waals surface area contributed by atoms with Crippen molar-refractivity contribution >= 4 is 11.6 Å². The van der Waals surface area contributed by atoms with Crippen molar-refractivity contribution < 1.29 is 9.84 Å². The lowest BCUT2D eigenvalue weighted by molar-refractivity contribution is 0.362. The molecule has 2 nitrogen and oxygen atoms in total. The minimum absolute atomic E-state index is 0.237. The van der Waals surface area contributed by atoms with E-state index in [1.54, 1.807) is 12.1 Å².